The van der Waals surface area contributed by atoms with Crippen molar-refractivity contribution in [2.24, 2.45) is 11.7 Å². The van der Waals surface area contributed by atoms with E-state index in [9.17, 15) is 4.79 Å². The van der Waals surface area contributed by atoms with Crippen molar-refractivity contribution in [1.82, 2.24) is 5.32 Å². The fourth-order valence-electron chi connectivity index (χ4n) is 2.46. The molecule has 0 bridgehead atoms. The highest BCUT2D eigenvalue weighted by Crippen LogP contribution is 2.23. The maximum atomic E-state index is 12.1. The minimum atomic E-state index is -0.0177. The molecule has 1 saturated heterocycles. The van der Waals surface area contributed by atoms with E-state index in [0.717, 1.165) is 24.0 Å². The summed E-state index contributed by atoms with van der Waals surface area (Å²) in [6, 6.07) is 7.60. The van der Waals surface area contributed by atoms with Gasteiger partial charge in [0, 0.05) is 18.7 Å². The molecule has 1 amide bonds. The highest BCUT2D eigenvalue weighted by Gasteiger charge is 2.32. The molecule has 3 N–H and O–H groups in total. The van der Waals surface area contributed by atoms with Crippen molar-refractivity contribution in [1.29, 1.82) is 0 Å². The maximum Gasteiger partial charge on any atom is 0.226 e. The Morgan fingerprint density at radius 2 is 2.15 bits per heavy atom. The van der Waals surface area contributed by atoms with Crippen LogP contribution in [0, 0.1) is 5.92 Å². The second kappa shape index (κ2) is 6.81. The maximum absolute atomic E-state index is 12.1. The topological polar surface area (TPSA) is 64.3 Å². The van der Waals surface area contributed by atoms with Gasteiger partial charge in [-0.15, -0.1) is 0 Å². The van der Waals surface area contributed by atoms with E-state index in [2.05, 4.69) is 5.32 Å². The van der Waals surface area contributed by atoms with Crippen LogP contribution in [0.4, 0.5) is 0 Å². The number of hydrogen-bond acceptors (Lipinski definition) is 3. The van der Waals surface area contributed by atoms with E-state index >= 15 is 0 Å². The number of nitrogens with one attached hydrogen (secondary N) is 1. The third-order valence-electron chi connectivity index (χ3n) is 3.65. The number of carbonyl (C=O) groups is 1. The molecule has 0 aliphatic carbocycles. The Kier molecular flexibility index (Phi) is 5.09. The Morgan fingerprint density at radius 3 is 2.75 bits per heavy atom. The van der Waals surface area contributed by atoms with E-state index in [1.54, 1.807) is 0 Å². The van der Waals surface area contributed by atoms with Gasteiger partial charge in [0.25, 0.3) is 0 Å². The van der Waals surface area contributed by atoms with E-state index in [-0.39, 0.29) is 17.9 Å². The van der Waals surface area contributed by atoms with Crippen LogP contribution in [-0.4, -0.2) is 23.6 Å². The molecule has 0 radical (unpaired) electrons. The number of hydrogen-bond donors (Lipinski definition) is 2. The highest BCUT2D eigenvalue weighted by molar-refractivity contribution is 7.80. The lowest BCUT2D eigenvalue weighted by molar-refractivity contribution is -0.126. The third-order valence-corrected chi connectivity index (χ3v) is 3.89. The number of amides is 1. The van der Waals surface area contributed by atoms with Crippen molar-refractivity contribution < 1.29 is 9.53 Å². The molecule has 1 fully saturated rings. The summed E-state index contributed by atoms with van der Waals surface area (Å²) in [5.74, 6) is 0.0589. The first-order chi connectivity index (χ1) is 9.61. The minimum Gasteiger partial charge on any atom is -0.389 e. The number of rotatable bonds is 5. The van der Waals surface area contributed by atoms with Crippen molar-refractivity contribution >= 4 is 23.1 Å². The quantitative estimate of drug-likeness (QED) is 0.812. The van der Waals surface area contributed by atoms with Crippen molar-refractivity contribution in [2.75, 3.05) is 6.61 Å². The van der Waals surface area contributed by atoms with Crippen LogP contribution in [0.5, 0.6) is 0 Å². The van der Waals surface area contributed by atoms with Crippen LogP contribution in [-0.2, 0) is 16.1 Å². The predicted molar refractivity (Wildman–Crippen MR) is 82.3 cm³/mol. The van der Waals surface area contributed by atoms with Crippen molar-refractivity contribution in [3.63, 3.8) is 0 Å². The number of carbonyl (C=O) groups excluding carboxylic acids is 1. The fourth-order valence-corrected chi connectivity index (χ4v) is 2.59. The second-order valence-corrected chi connectivity index (χ2v) is 5.43. The van der Waals surface area contributed by atoms with Gasteiger partial charge in [-0.1, -0.05) is 43.4 Å². The van der Waals surface area contributed by atoms with Crippen LogP contribution >= 0.6 is 12.2 Å². The van der Waals surface area contributed by atoms with Crippen LogP contribution in [0.1, 0.15) is 30.9 Å². The van der Waals surface area contributed by atoms with Gasteiger partial charge in [-0.25, -0.2) is 0 Å². The predicted octanol–water partition coefficient (Wildman–Crippen LogP) is 1.75. The summed E-state index contributed by atoms with van der Waals surface area (Å²) in [6.07, 6.45) is 1.75. The molecule has 1 heterocycles. The zero-order valence-corrected chi connectivity index (χ0v) is 12.4. The number of ether oxygens (including phenoxy) is 1. The molecule has 20 heavy (non-hydrogen) atoms. The Bertz CT molecular complexity index is 487. The largest absolute Gasteiger partial charge is 0.389 e. The first-order valence-corrected chi connectivity index (χ1v) is 7.30. The standard InChI is InChI=1S/C15H20N2O2S/c1-2-13-12(7-8-19-13)15(18)17-9-10-3-5-11(6-4-10)14(16)20/h3-6,12-13H,2,7-9H2,1H3,(H2,16,20)(H,17,18). The summed E-state index contributed by atoms with van der Waals surface area (Å²) in [5, 5.41) is 2.97. The molecule has 1 aliphatic heterocycles. The molecule has 0 saturated carbocycles. The Hall–Kier alpha value is -1.46. The third kappa shape index (κ3) is 3.55. The molecule has 1 aliphatic rings. The monoisotopic (exact) mass is 292 g/mol. The molecule has 4 nitrogen and oxygen atoms in total. The Morgan fingerprint density at radius 1 is 1.45 bits per heavy atom. The van der Waals surface area contributed by atoms with Crippen molar-refractivity contribution in [3.8, 4) is 0 Å². The lowest BCUT2D eigenvalue weighted by atomic mass is 9.98. The normalized spacial score (nSPS) is 21.6. The molecule has 108 valence electrons. The Balaban J connectivity index is 1.88. The summed E-state index contributed by atoms with van der Waals surface area (Å²) in [7, 11) is 0. The lowest BCUT2D eigenvalue weighted by Gasteiger charge is -2.16. The summed E-state index contributed by atoms with van der Waals surface area (Å²) in [5.41, 5.74) is 7.42. The SMILES string of the molecule is CCC1OCCC1C(=O)NCc1ccc(C(N)=S)cc1. The van der Waals surface area contributed by atoms with E-state index in [1.807, 2.05) is 31.2 Å². The van der Waals surface area contributed by atoms with E-state index in [4.69, 9.17) is 22.7 Å². The fraction of sp³-hybridized carbons (Fsp3) is 0.467. The van der Waals surface area contributed by atoms with Gasteiger partial charge in [0.15, 0.2) is 0 Å². The van der Waals surface area contributed by atoms with Gasteiger partial charge in [-0.2, -0.15) is 0 Å². The van der Waals surface area contributed by atoms with Crippen LogP contribution in [0.2, 0.25) is 0 Å². The van der Waals surface area contributed by atoms with Gasteiger partial charge >= 0.3 is 0 Å². The second-order valence-electron chi connectivity index (χ2n) is 4.99. The molecule has 1 aromatic carbocycles. The van der Waals surface area contributed by atoms with E-state index in [0.29, 0.717) is 18.1 Å². The minimum absolute atomic E-state index is 0.0177. The molecule has 5 heteroatoms. The summed E-state index contributed by atoms with van der Waals surface area (Å²) in [6.45, 7) is 3.24. The van der Waals surface area contributed by atoms with E-state index < -0.39 is 0 Å². The van der Waals surface area contributed by atoms with Gasteiger partial charge < -0.3 is 15.8 Å². The first kappa shape index (κ1) is 14.9. The van der Waals surface area contributed by atoms with Gasteiger partial charge in [0.1, 0.15) is 4.99 Å². The molecule has 2 rings (SSSR count). The van der Waals surface area contributed by atoms with Crippen LogP contribution in [0.25, 0.3) is 0 Å². The molecule has 2 atom stereocenters. The van der Waals surface area contributed by atoms with Gasteiger partial charge in [0.2, 0.25) is 5.91 Å². The summed E-state index contributed by atoms with van der Waals surface area (Å²) >= 11 is 4.90. The molecular weight excluding hydrogens is 272 g/mol. The molecule has 1 aromatic rings. The number of benzene rings is 1. The Labute approximate surface area is 124 Å². The average molecular weight is 292 g/mol. The summed E-state index contributed by atoms with van der Waals surface area (Å²) < 4.78 is 5.54. The van der Waals surface area contributed by atoms with Gasteiger partial charge in [-0.3, -0.25) is 4.79 Å². The van der Waals surface area contributed by atoms with Gasteiger partial charge in [0.05, 0.1) is 12.0 Å². The van der Waals surface area contributed by atoms with E-state index in [1.165, 1.54) is 0 Å². The average Bonchev–Trinajstić information content (AvgIpc) is 2.93. The molecular formula is C15H20N2O2S. The molecule has 0 spiro atoms. The highest BCUT2D eigenvalue weighted by atomic mass is 32.1. The van der Waals surface area contributed by atoms with Crippen LogP contribution < -0.4 is 11.1 Å². The molecule has 2 unspecified atom stereocenters. The lowest BCUT2D eigenvalue weighted by Crippen LogP contribution is -2.34. The van der Waals surface area contributed by atoms with Gasteiger partial charge in [-0.05, 0) is 18.4 Å². The first-order valence-electron chi connectivity index (χ1n) is 6.90. The zero-order chi connectivity index (χ0) is 14.5. The van der Waals surface area contributed by atoms with Crippen LogP contribution in [0.15, 0.2) is 24.3 Å². The van der Waals surface area contributed by atoms with Crippen molar-refractivity contribution in [2.45, 2.75) is 32.4 Å². The zero-order valence-electron chi connectivity index (χ0n) is 11.6. The smallest absolute Gasteiger partial charge is 0.226 e. The molecule has 0 aromatic heterocycles. The number of thiocarbonyl (C=S) groups is 1. The van der Waals surface area contributed by atoms with Crippen LogP contribution in [0.3, 0.4) is 0 Å². The summed E-state index contributed by atoms with van der Waals surface area (Å²) in [4.78, 5) is 12.5. The van der Waals surface area contributed by atoms with Crippen molar-refractivity contribution in [3.05, 3.63) is 35.4 Å². The number of nitrogens with two attached hydrogens (primary N) is 1.